The summed E-state index contributed by atoms with van der Waals surface area (Å²) in [5, 5.41) is 11.1. The van der Waals surface area contributed by atoms with Gasteiger partial charge >= 0.3 is 0 Å². The molecule has 4 aliphatic carbocycles. The maximum atomic E-state index is 11.9. The molecule has 3 saturated carbocycles. The van der Waals surface area contributed by atoms with Crippen LogP contribution in [0, 0.1) is 28.6 Å². The van der Waals surface area contributed by atoms with Crippen molar-refractivity contribution >= 4 is 5.78 Å². The lowest BCUT2D eigenvalue weighted by molar-refractivity contribution is -0.120. The van der Waals surface area contributed by atoms with Crippen LogP contribution in [0.15, 0.2) is 24.3 Å². The molecule has 0 saturated heterocycles. The second-order valence-electron chi connectivity index (χ2n) is 9.09. The first kappa shape index (κ1) is 15.6. The summed E-state index contributed by atoms with van der Waals surface area (Å²) >= 11 is 0. The first-order valence-corrected chi connectivity index (χ1v) is 9.44. The number of fused-ring (bicyclic) bond motifs is 5. The maximum absolute atomic E-state index is 11.9. The van der Waals surface area contributed by atoms with Crippen LogP contribution in [0.5, 0.6) is 0 Å². The zero-order chi connectivity index (χ0) is 16.5. The molecule has 0 aliphatic heterocycles. The lowest BCUT2D eigenvalue weighted by atomic mass is 9.46. The molecular weight excluding hydrogens is 284 g/mol. The highest BCUT2D eigenvalue weighted by molar-refractivity contribution is 5.91. The van der Waals surface area contributed by atoms with Gasteiger partial charge in [-0.2, -0.15) is 0 Å². The van der Waals surface area contributed by atoms with Crippen molar-refractivity contribution in [3.8, 4) is 0 Å². The van der Waals surface area contributed by atoms with Gasteiger partial charge in [-0.3, -0.25) is 4.79 Å². The average Bonchev–Trinajstić information content (AvgIpc) is 2.80. The van der Waals surface area contributed by atoms with E-state index in [1.165, 1.54) is 18.4 Å². The molecule has 0 aromatic carbocycles. The van der Waals surface area contributed by atoms with E-state index in [1.807, 2.05) is 12.2 Å². The number of allylic oxidation sites excluding steroid dienone is 1. The molecule has 6 unspecified atom stereocenters. The molecule has 0 aromatic rings. The Kier molecular flexibility index (Phi) is 3.27. The minimum Gasteiger partial charge on any atom is -0.385 e. The van der Waals surface area contributed by atoms with E-state index < -0.39 is 5.60 Å². The first-order valence-electron chi connectivity index (χ1n) is 9.44. The molecule has 126 valence electrons. The molecule has 0 aromatic heterocycles. The van der Waals surface area contributed by atoms with E-state index in [1.54, 1.807) is 0 Å². The standard InChI is InChI=1S/C21H30O2/c1-4-21(23)12-9-18-16-6-5-14-13-15(22)7-10-19(14,2)17(16)8-11-20(18,21)3/h4,13,16-18,23H,1,5-12H2,2-3H3. The molecule has 2 nitrogen and oxygen atoms in total. The lowest BCUT2D eigenvalue weighted by Crippen LogP contribution is -2.54. The summed E-state index contributed by atoms with van der Waals surface area (Å²) < 4.78 is 0. The highest BCUT2D eigenvalue weighted by Crippen LogP contribution is 2.67. The Morgan fingerprint density at radius 3 is 2.61 bits per heavy atom. The summed E-state index contributed by atoms with van der Waals surface area (Å²) in [6.07, 6.45) is 12.1. The fourth-order valence-corrected chi connectivity index (χ4v) is 6.95. The molecule has 0 spiro atoms. The molecular formula is C21H30O2. The third-order valence-electron chi connectivity index (χ3n) is 8.51. The molecule has 1 N–H and O–H groups in total. The van der Waals surface area contributed by atoms with E-state index in [0.29, 0.717) is 23.5 Å². The first-order chi connectivity index (χ1) is 10.8. The third kappa shape index (κ3) is 1.88. The van der Waals surface area contributed by atoms with Gasteiger partial charge < -0.3 is 5.11 Å². The summed E-state index contributed by atoms with van der Waals surface area (Å²) in [5.74, 6) is 2.35. The van der Waals surface area contributed by atoms with Crippen LogP contribution in [0.3, 0.4) is 0 Å². The number of ketones is 1. The quantitative estimate of drug-likeness (QED) is 0.727. The molecule has 0 bridgehead atoms. The van der Waals surface area contributed by atoms with Crippen LogP contribution in [0.2, 0.25) is 0 Å². The van der Waals surface area contributed by atoms with Crippen molar-refractivity contribution in [3.05, 3.63) is 24.3 Å². The minimum atomic E-state index is -0.678. The van der Waals surface area contributed by atoms with Gasteiger partial charge in [-0.05, 0) is 74.2 Å². The van der Waals surface area contributed by atoms with Gasteiger partial charge in [0, 0.05) is 11.8 Å². The summed E-state index contributed by atoms with van der Waals surface area (Å²) in [6, 6.07) is 0. The molecule has 4 rings (SSSR count). The van der Waals surface area contributed by atoms with E-state index >= 15 is 0 Å². The van der Waals surface area contributed by atoms with Crippen LogP contribution in [0.25, 0.3) is 0 Å². The summed E-state index contributed by atoms with van der Waals surface area (Å²) in [7, 11) is 0. The van der Waals surface area contributed by atoms with Gasteiger partial charge in [-0.15, -0.1) is 6.58 Å². The Balaban J connectivity index is 1.70. The molecule has 23 heavy (non-hydrogen) atoms. The summed E-state index contributed by atoms with van der Waals surface area (Å²) in [4.78, 5) is 11.9. The van der Waals surface area contributed by atoms with E-state index in [0.717, 1.165) is 38.5 Å². The van der Waals surface area contributed by atoms with Gasteiger partial charge in [-0.1, -0.05) is 25.5 Å². The van der Waals surface area contributed by atoms with Crippen molar-refractivity contribution in [3.63, 3.8) is 0 Å². The second kappa shape index (κ2) is 4.81. The van der Waals surface area contributed by atoms with Crippen LogP contribution in [-0.2, 0) is 4.79 Å². The number of carbonyl (C=O) groups excluding carboxylic acids is 1. The normalized spacial score (nSPS) is 52.2. The topological polar surface area (TPSA) is 37.3 Å². The summed E-state index contributed by atoms with van der Waals surface area (Å²) in [6.45, 7) is 8.67. The van der Waals surface area contributed by atoms with Crippen molar-refractivity contribution in [1.82, 2.24) is 0 Å². The van der Waals surface area contributed by atoms with Crippen LogP contribution >= 0.6 is 0 Å². The van der Waals surface area contributed by atoms with Crippen molar-refractivity contribution < 1.29 is 9.90 Å². The van der Waals surface area contributed by atoms with E-state index in [9.17, 15) is 9.90 Å². The molecule has 6 atom stereocenters. The Hall–Kier alpha value is -0.890. The Labute approximate surface area is 140 Å². The lowest BCUT2D eigenvalue weighted by Gasteiger charge is -2.58. The molecule has 0 amide bonds. The molecule has 0 radical (unpaired) electrons. The Bertz CT molecular complexity index is 591. The Morgan fingerprint density at radius 1 is 1.13 bits per heavy atom. The number of hydrogen-bond acceptors (Lipinski definition) is 2. The fraction of sp³-hybridized carbons (Fsp3) is 0.762. The highest BCUT2D eigenvalue weighted by atomic mass is 16.3. The van der Waals surface area contributed by atoms with Crippen LogP contribution in [-0.4, -0.2) is 16.5 Å². The van der Waals surface area contributed by atoms with E-state index in [4.69, 9.17) is 0 Å². The van der Waals surface area contributed by atoms with E-state index in [-0.39, 0.29) is 10.8 Å². The molecule has 2 heteroatoms. The van der Waals surface area contributed by atoms with Crippen molar-refractivity contribution in [1.29, 1.82) is 0 Å². The second-order valence-corrected chi connectivity index (χ2v) is 9.09. The highest BCUT2D eigenvalue weighted by Gasteiger charge is 2.62. The van der Waals surface area contributed by atoms with Gasteiger partial charge in [0.2, 0.25) is 0 Å². The third-order valence-corrected chi connectivity index (χ3v) is 8.51. The van der Waals surface area contributed by atoms with Gasteiger partial charge in [0.1, 0.15) is 0 Å². The smallest absolute Gasteiger partial charge is 0.155 e. The van der Waals surface area contributed by atoms with E-state index in [2.05, 4.69) is 20.4 Å². The number of hydrogen-bond donors (Lipinski definition) is 1. The largest absolute Gasteiger partial charge is 0.385 e. The summed E-state index contributed by atoms with van der Waals surface area (Å²) in [5.41, 5.74) is 0.975. The minimum absolute atomic E-state index is 0.00200. The monoisotopic (exact) mass is 314 g/mol. The van der Waals surface area contributed by atoms with Crippen LogP contribution < -0.4 is 0 Å². The van der Waals surface area contributed by atoms with Crippen LogP contribution in [0.4, 0.5) is 0 Å². The zero-order valence-electron chi connectivity index (χ0n) is 14.6. The SMILES string of the molecule is C=CC1(O)CCC2C3CCC4=CC(=O)CCC4(C)C3CCC21C. The predicted molar refractivity (Wildman–Crippen MR) is 91.9 cm³/mol. The molecule has 4 aliphatic rings. The van der Waals surface area contributed by atoms with Crippen LogP contribution in [0.1, 0.15) is 65.2 Å². The van der Waals surface area contributed by atoms with Crippen molar-refractivity contribution in [2.45, 2.75) is 70.8 Å². The van der Waals surface area contributed by atoms with Gasteiger partial charge in [0.25, 0.3) is 0 Å². The van der Waals surface area contributed by atoms with Gasteiger partial charge in [0.05, 0.1) is 5.60 Å². The maximum Gasteiger partial charge on any atom is 0.155 e. The average molecular weight is 314 g/mol. The molecule has 3 fully saturated rings. The Morgan fingerprint density at radius 2 is 1.87 bits per heavy atom. The van der Waals surface area contributed by atoms with Crippen molar-refractivity contribution in [2.24, 2.45) is 28.6 Å². The fourth-order valence-electron chi connectivity index (χ4n) is 6.95. The van der Waals surface area contributed by atoms with Gasteiger partial charge in [-0.25, -0.2) is 0 Å². The molecule has 0 heterocycles. The zero-order valence-corrected chi connectivity index (χ0v) is 14.6. The predicted octanol–water partition coefficient (Wildman–Crippen LogP) is 4.44. The number of aliphatic hydroxyl groups is 1. The number of rotatable bonds is 1. The van der Waals surface area contributed by atoms with Gasteiger partial charge in [0.15, 0.2) is 5.78 Å². The number of carbonyl (C=O) groups is 1. The van der Waals surface area contributed by atoms with Crippen molar-refractivity contribution in [2.75, 3.05) is 0 Å².